The molecule has 0 aromatic heterocycles. The van der Waals surface area contributed by atoms with Crippen molar-refractivity contribution in [3.05, 3.63) is 53.6 Å². The Balaban J connectivity index is 1.62. The molecule has 0 radical (unpaired) electrons. The van der Waals surface area contributed by atoms with Crippen molar-refractivity contribution < 1.29 is 26.4 Å². The van der Waals surface area contributed by atoms with Crippen molar-refractivity contribution in [2.24, 2.45) is 11.8 Å². The van der Waals surface area contributed by atoms with Gasteiger partial charge in [-0.15, -0.1) is 0 Å². The highest BCUT2D eigenvalue weighted by atomic mass is 32.2. The summed E-state index contributed by atoms with van der Waals surface area (Å²) in [5, 5.41) is 2.62. The second kappa shape index (κ2) is 10.4. The number of rotatable bonds is 5. The highest BCUT2D eigenvalue weighted by Crippen LogP contribution is 2.36. The molecule has 2 fully saturated rings. The Morgan fingerprint density at radius 3 is 2.28 bits per heavy atom. The second-order valence-corrected chi connectivity index (χ2v) is 12.0. The average Bonchev–Trinajstić information content (AvgIpc) is 2.83. The third-order valence-corrected chi connectivity index (χ3v) is 8.67. The van der Waals surface area contributed by atoms with Gasteiger partial charge in [0.05, 0.1) is 21.8 Å². The summed E-state index contributed by atoms with van der Waals surface area (Å²) >= 11 is 0. The highest BCUT2D eigenvalue weighted by molar-refractivity contribution is 7.89. The van der Waals surface area contributed by atoms with E-state index >= 15 is 0 Å². The average molecular weight is 524 g/mol. The minimum Gasteiger partial charge on any atom is -0.370 e. The van der Waals surface area contributed by atoms with Gasteiger partial charge in [-0.1, -0.05) is 19.9 Å². The Bertz CT molecular complexity index is 1200. The van der Waals surface area contributed by atoms with Gasteiger partial charge in [-0.2, -0.15) is 17.5 Å². The van der Waals surface area contributed by atoms with Crippen LogP contribution in [-0.4, -0.2) is 44.8 Å². The number of amides is 1. The summed E-state index contributed by atoms with van der Waals surface area (Å²) in [7, 11) is -3.81. The van der Waals surface area contributed by atoms with Crippen LogP contribution in [0.15, 0.2) is 47.4 Å². The molecule has 2 aromatic carbocycles. The van der Waals surface area contributed by atoms with E-state index in [1.165, 1.54) is 34.6 Å². The lowest BCUT2D eigenvalue weighted by Crippen LogP contribution is -2.42. The minimum atomic E-state index is -4.56. The first-order valence-electron chi connectivity index (χ1n) is 12.3. The van der Waals surface area contributed by atoms with Crippen LogP contribution < -0.4 is 10.2 Å². The maximum Gasteiger partial charge on any atom is 0.416 e. The predicted molar refractivity (Wildman–Crippen MR) is 134 cm³/mol. The Hall–Kier alpha value is -2.59. The zero-order valence-corrected chi connectivity index (χ0v) is 21.3. The third kappa shape index (κ3) is 5.86. The number of anilines is 2. The van der Waals surface area contributed by atoms with E-state index in [0.29, 0.717) is 31.9 Å². The van der Waals surface area contributed by atoms with Gasteiger partial charge in [-0.05, 0) is 73.9 Å². The Labute approximate surface area is 210 Å². The Morgan fingerprint density at radius 1 is 0.972 bits per heavy atom. The van der Waals surface area contributed by atoms with Crippen molar-refractivity contribution in [1.29, 1.82) is 0 Å². The summed E-state index contributed by atoms with van der Waals surface area (Å²) in [6, 6.07) is 9.04. The van der Waals surface area contributed by atoms with Crippen molar-refractivity contribution in [3.8, 4) is 0 Å². The van der Waals surface area contributed by atoms with Crippen LogP contribution in [0.4, 0.5) is 24.5 Å². The maximum atomic E-state index is 13.4. The number of sulfonamides is 1. The molecular formula is C26H32F3N3O3S. The maximum absolute atomic E-state index is 13.4. The first-order valence-corrected chi connectivity index (χ1v) is 13.8. The van der Waals surface area contributed by atoms with E-state index < -0.39 is 27.7 Å². The van der Waals surface area contributed by atoms with E-state index in [9.17, 15) is 26.4 Å². The lowest BCUT2D eigenvalue weighted by Gasteiger charge is -2.34. The lowest BCUT2D eigenvalue weighted by atomic mass is 9.94. The van der Waals surface area contributed by atoms with Gasteiger partial charge in [-0.25, -0.2) is 8.42 Å². The molecule has 2 atom stereocenters. The molecule has 0 unspecified atom stereocenters. The van der Waals surface area contributed by atoms with Gasteiger partial charge in [0, 0.05) is 31.7 Å². The minimum absolute atomic E-state index is 0.00301. The number of nitrogens with zero attached hydrogens (tertiary/aromatic N) is 2. The molecule has 0 spiro atoms. The van der Waals surface area contributed by atoms with Gasteiger partial charge < -0.3 is 10.2 Å². The summed E-state index contributed by atoms with van der Waals surface area (Å²) in [5.74, 6) is -0.210. The molecule has 4 rings (SSSR count). The fraction of sp³-hybridized carbons (Fsp3) is 0.500. The molecule has 1 N–H and O–H groups in total. The van der Waals surface area contributed by atoms with E-state index in [-0.39, 0.29) is 28.0 Å². The van der Waals surface area contributed by atoms with Crippen LogP contribution in [0, 0.1) is 11.8 Å². The van der Waals surface area contributed by atoms with E-state index in [2.05, 4.69) is 5.32 Å². The molecule has 36 heavy (non-hydrogen) atoms. The van der Waals surface area contributed by atoms with Crippen molar-refractivity contribution in [1.82, 2.24) is 4.31 Å². The van der Waals surface area contributed by atoms with Crippen LogP contribution in [0.5, 0.6) is 0 Å². The third-order valence-electron chi connectivity index (χ3n) is 6.84. The van der Waals surface area contributed by atoms with Gasteiger partial charge in [0.2, 0.25) is 10.0 Å². The zero-order valence-electron chi connectivity index (χ0n) is 20.5. The van der Waals surface area contributed by atoms with Crippen LogP contribution in [0.2, 0.25) is 0 Å². The van der Waals surface area contributed by atoms with Crippen molar-refractivity contribution in [2.45, 2.75) is 50.6 Å². The molecule has 1 amide bonds. The van der Waals surface area contributed by atoms with Crippen LogP contribution >= 0.6 is 0 Å². The number of nitrogens with one attached hydrogen (secondary N) is 1. The van der Waals surface area contributed by atoms with Crippen molar-refractivity contribution >= 4 is 27.3 Å². The predicted octanol–water partition coefficient (Wildman–Crippen LogP) is 5.61. The second-order valence-electron chi connectivity index (χ2n) is 10.0. The van der Waals surface area contributed by atoms with Crippen LogP contribution in [0.25, 0.3) is 0 Å². The van der Waals surface area contributed by atoms with Gasteiger partial charge in [0.15, 0.2) is 0 Å². The number of hydrogen-bond acceptors (Lipinski definition) is 4. The summed E-state index contributed by atoms with van der Waals surface area (Å²) in [6.07, 6.45) is -0.722. The van der Waals surface area contributed by atoms with Crippen LogP contribution in [0.1, 0.15) is 55.5 Å². The van der Waals surface area contributed by atoms with Gasteiger partial charge in [0.1, 0.15) is 0 Å². The number of halogens is 3. The molecule has 196 valence electrons. The monoisotopic (exact) mass is 523 g/mol. The van der Waals surface area contributed by atoms with E-state index in [4.69, 9.17) is 0 Å². The van der Waals surface area contributed by atoms with E-state index in [0.717, 1.165) is 37.8 Å². The standard InChI is InChI=1S/C26H32F3N3O3S/c1-18-13-19(2)17-32(16-18)36(34,35)22-8-6-7-20(14-22)25(33)30-23-15-21(26(27,28)29)9-10-24(23)31-11-4-3-5-12-31/h6-10,14-15,18-19H,3-5,11-13,16-17H2,1-2H3,(H,30,33)/t18-,19+. The highest BCUT2D eigenvalue weighted by Gasteiger charge is 2.33. The molecule has 0 saturated carbocycles. The Kier molecular flexibility index (Phi) is 7.66. The molecule has 6 nitrogen and oxygen atoms in total. The summed E-state index contributed by atoms with van der Waals surface area (Å²) < 4.78 is 68.3. The molecule has 2 heterocycles. The first-order chi connectivity index (χ1) is 16.9. The molecular weight excluding hydrogens is 491 g/mol. The van der Waals surface area contributed by atoms with Gasteiger partial charge in [0.25, 0.3) is 5.91 Å². The summed E-state index contributed by atoms with van der Waals surface area (Å²) in [5.41, 5.74) is -0.209. The van der Waals surface area contributed by atoms with Gasteiger partial charge in [-0.3, -0.25) is 4.79 Å². The number of benzene rings is 2. The topological polar surface area (TPSA) is 69.7 Å². The number of piperidine rings is 2. The number of hydrogen-bond donors (Lipinski definition) is 1. The quantitative estimate of drug-likeness (QED) is 0.553. The first kappa shape index (κ1) is 26.5. The van der Waals surface area contributed by atoms with E-state index in [1.54, 1.807) is 0 Å². The lowest BCUT2D eigenvalue weighted by molar-refractivity contribution is -0.137. The largest absolute Gasteiger partial charge is 0.416 e. The van der Waals surface area contributed by atoms with Gasteiger partial charge >= 0.3 is 6.18 Å². The summed E-state index contributed by atoms with van der Waals surface area (Å²) in [6.45, 7) is 6.22. The van der Waals surface area contributed by atoms with Crippen LogP contribution in [-0.2, 0) is 16.2 Å². The number of carbonyl (C=O) groups excluding carboxylic acids is 1. The molecule has 2 aromatic rings. The smallest absolute Gasteiger partial charge is 0.370 e. The van der Waals surface area contributed by atoms with Crippen molar-refractivity contribution in [3.63, 3.8) is 0 Å². The molecule has 2 saturated heterocycles. The fourth-order valence-corrected chi connectivity index (χ4v) is 6.89. The molecule has 2 aliphatic heterocycles. The number of carbonyl (C=O) groups is 1. The molecule has 10 heteroatoms. The summed E-state index contributed by atoms with van der Waals surface area (Å²) in [4.78, 5) is 15.1. The molecule has 2 aliphatic rings. The SMILES string of the molecule is C[C@@H]1C[C@H](C)CN(S(=O)(=O)c2cccc(C(=O)Nc3cc(C(F)(F)F)ccc3N3CCCCC3)c2)C1. The van der Waals surface area contributed by atoms with Crippen molar-refractivity contribution in [2.75, 3.05) is 36.4 Å². The molecule has 0 bridgehead atoms. The zero-order chi connectivity index (χ0) is 26.1. The fourth-order valence-electron chi connectivity index (χ4n) is 5.17. The normalized spacial score (nSPS) is 21.9. The number of alkyl halides is 3. The Morgan fingerprint density at radius 2 is 1.64 bits per heavy atom. The van der Waals surface area contributed by atoms with E-state index in [1.807, 2.05) is 18.7 Å². The van der Waals surface area contributed by atoms with Crippen LogP contribution in [0.3, 0.4) is 0 Å². The molecule has 0 aliphatic carbocycles.